The number of halogens is 1. The summed E-state index contributed by atoms with van der Waals surface area (Å²) >= 11 is 3.52. The van der Waals surface area contributed by atoms with Crippen LogP contribution >= 0.6 is 15.9 Å². The molecule has 0 heterocycles. The van der Waals surface area contributed by atoms with E-state index in [4.69, 9.17) is 4.74 Å². The summed E-state index contributed by atoms with van der Waals surface area (Å²) in [5.74, 6) is 2.14. The lowest BCUT2D eigenvalue weighted by atomic mass is 9.71. The molecule has 1 aromatic carbocycles. The maximum absolute atomic E-state index is 10.9. The zero-order chi connectivity index (χ0) is 14.8. The van der Waals surface area contributed by atoms with Crippen LogP contribution in [-0.4, -0.2) is 17.8 Å². The van der Waals surface area contributed by atoms with Gasteiger partial charge in [-0.25, -0.2) is 0 Å². The van der Waals surface area contributed by atoms with Crippen LogP contribution < -0.4 is 4.74 Å². The second-order valence-corrected chi connectivity index (χ2v) is 7.32. The van der Waals surface area contributed by atoms with E-state index in [0.29, 0.717) is 11.8 Å². The van der Waals surface area contributed by atoms with Gasteiger partial charge in [0.05, 0.1) is 17.2 Å². The maximum Gasteiger partial charge on any atom is 0.133 e. The van der Waals surface area contributed by atoms with Crippen molar-refractivity contribution in [2.24, 2.45) is 11.8 Å². The van der Waals surface area contributed by atoms with E-state index in [1.807, 2.05) is 6.07 Å². The molecule has 3 heteroatoms. The Hall–Kier alpha value is -0.540. The van der Waals surface area contributed by atoms with Gasteiger partial charge in [-0.05, 0) is 64.7 Å². The molecule has 0 bridgehead atoms. The van der Waals surface area contributed by atoms with Crippen molar-refractivity contribution in [2.75, 3.05) is 7.11 Å². The van der Waals surface area contributed by atoms with Gasteiger partial charge in [0.25, 0.3) is 0 Å². The molecule has 112 valence electrons. The molecule has 0 radical (unpaired) electrons. The van der Waals surface area contributed by atoms with Crippen molar-refractivity contribution in [2.45, 2.75) is 51.6 Å². The minimum Gasteiger partial charge on any atom is -0.496 e. The molecule has 2 unspecified atom stereocenters. The Bertz CT molecular complexity index is 458. The van der Waals surface area contributed by atoms with Crippen LogP contribution in [-0.2, 0) is 6.42 Å². The van der Waals surface area contributed by atoms with Gasteiger partial charge in [-0.2, -0.15) is 0 Å². The summed E-state index contributed by atoms with van der Waals surface area (Å²) in [5, 5.41) is 10.9. The van der Waals surface area contributed by atoms with Gasteiger partial charge in [0.2, 0.25) is 0 Å². The average molecular weight is 341 g/mol. The Labute approximate surface area is 130 Å². The molecular formula is C17H25BrO2. The van der Waals surface area contributed by atoms with E-state index in [1.165, 1.54) is 12.0 Å². The predicted molar refractivity (Wildman–Crippen MR) is 86.1 cm³/mol. The SMILES string of the molecule is COc1ccc(CC2(O)CCCC(C(C)C)C2)cc1Br. The highest BCUT2D eigenvalue weighted by atomic mass is 79.9. The molecule has 1 N–H and O–H groups in total. The van der Waals surface area contributed by atoms with Gasteiger partial charge in [-0.3, -0.25) is 0 Å². The van der Waals surface area contributed by atoms with Crippen molar-refractivity contribution in [1.82, 2.24) is 0 Å². The van der Waals surface area contributed by atoms with Crippen molar-refractivity contribution in [3.8, 4) is 5.75 Å². The standard InChI is InChI=1S/C17H25BrO2/c1-12(2)14-5-4-8-17(19,11-14)10-13-6-7-16(20-3)15(18)9-13/h6-7,9,12,14,19H,4-5,8,10-11H2,1-3H3. The summed E-state index contributed by atoms with van der Waals surface area (Å²) in [6, 6.07) is 6.09. The zero-order valence-corrected chi connectivity index (χ0v) is 14.2. The highest BCUT2D eigenvalue weighted by Crippen LogP contribution is 2.39. The van der Waals surface area contributed by atoms with Crippen LogP contribution in [0.5, 0.6) is 5.75 Å². The summed E-state index contributed by atoms with van der Waals surface area (Å²) in [6.45, 7) is 4.53. The molecule has 0 aromatic heterocycles. The fourth-order valence-electron chi connectivity index (χ4n) is 3.31. The van der Waals surface area contributed by atoms with Crippen molar-refractivity contribution in [3.05, 3.63) is 28.2 Å². The smallest absolute Gasteiger partial charge is 0.133 e. The molecule has 1 saturated carbocycles. The van der Waals surface area contributed by atoms with Crippen molar-refractivity contribution in [3.63, 3.8) is 0 Å². The number of hydrogen-bond acceptors (Lipinski definition) is 2. The second-order valence-electron chi connectivity index (χ2n) is 6.47. The number of methoxy groups -OCH3 is 1. The molecule has 0 saturated heterocycles. The van der Waals surface area contributed by atoms with Gasteiger partial charge in [-0.15, -0.1) is 0 Å². The van der Waals surface area contributed by atoms with E-state index < -0.39 is 5.60 Å². The topological polar surface area (TPSA) is 29.5 Å². The third kappa shape index (κ3) is 3.76. The first-order chi connectivity index (χ1) is 9.43. The number of rotatable bonds is 4. The lowest BCUT2D eigenvalue weighted by Crippen LogP contribution is -2.38. The molecule has 1 aliphatic carbocycles. The van der Waals surface area contributed by atoms with E-state index in [2.05, 4.69) is 41.9 Å². The highest BCUT2D eigenvalue weighted by Gasteiger charge is 2.35. The van der Waals surface area contributed by atoms with Crippen LogP contribution in [0.3, 0.4) is 0 Å². The monoisotopic (exact) mass is 340 g/mol. The van der Waals surface area contributed by atoms with Crippen LogP contribution in [0.25, 0.3) is 0 Å². The van der Waals surface area contributed by atoms with Crippen molar-refractivity contribution >= 4 is 15.9 Å². The molecule has 2 atom stereocenters. The van der Waals surface area contributed by atoms with Gasteiger partial charge in [0.1, 0.15) is 5.75 Å². The van der Waals surface area contributed by atoms with E-state index >= 15 is 0 Å². The van der Waals surface area contributed by atoms with Crippen LogP contribution in [0.15, 0.2) is 22.7 Å². The molecule has 2 nitrogen and oxygen atoms in total. The summed E-state index contributed by atoms with van der Waals surface area (Å²) in [5.41, 5.74) is 0.630. The van der Waals surface area contributed by atoms with Crippen LogP contribution in [0.1, 0.15) is 45.1 Å². The minimum absolute atomic E-state index is 0.540. The van der Waals surface area contributed by atoms with Crippen LogP contribution in [0, 0.1) is 11.8 Å². The van der Waals surface area contributed by atoms with Crippen molar-refractivity contribution in [1.29, 1.82) is 0 Å². The number of benzene rings is 1. The lowest BCUT2D eigenvalue weighted by Gasteiger charge is -2.38. The van der Waals surface area contributed by atoms with Gasteiger partial charge in [0, 0.05) is 6.42 Å². The second kappa shape index (κ2) is 6.48. The first kappa shape index (κ1) is 15.8. The average Bonchev–Trinajstić information content (AvgIpc) is 2.38. The maximum atomic E-state index is 10.9. The first-order valence-corrected chi connectivity index (χ1v) is 8.27. The number of ether oxygens (including phenoxy) is 1. The Morgan fingerprint density at radius 1 is 1.45 bits per heavy atom. The number of aliphatic hydroxyl groups is 1. The largest absolute Gasteiger partial charge is 0.496 e. The number of hydrogen-bond donors (Lipinski definition) is 1. The lowest BCUT2D eigenvalue weighted by molar-refractivity contribution is -0.0239. The molecule has 1 aromatic rings. The normalized spacial score (nSPS) is 26.8. The minimum atomic E-state index is -0.540. The van der Waals surface area contributed by atoms with Crippen LogP contribution in [0.2, 0.25) is 0 Å². The van der Waals surface area contributed by atoms with Gasteiger partial charge >= 0.3 is 0 Å². The Morgan fingerprint density at radius 2 is 2.20 bits per heavy atom. The van der Waals surface area contributed by atoms with E-state index in [9.17, 15) is 5.11 Å². The summed E-state index contributed by atoms with van der Waals surface area (Å²) in [7, 11) is 1.67. The molecule has 1 aliphatic rings. The van der Waals surface area contributed by atoms with E-state index in [1.54, 1.807) is 7.11 Å². The summed E-state index contributed by atoms with van der Waals surface area (Å²) in [6.07, 6.45) is 4.97. The van der Waals surface area contributed by atoms with Crippen LogP contribution in [0.4, 0.5) is 0 Å². The Balaban J connectivity index is 2.09. The Kier molecular flexibility index (Phi) is 5.14. The molecular weight excluding hydrogens is 316 g/mol. The molecule has 2 rings (SSSR count). The zero-order valence-electron chi connectivity index (χ0n) is 12.7. The van der Waals surface area contributed by atoms with Gasteiger partial charge in [0.15, 0.2) is 0 Å². The van der Waals surface area contributed by atoms with Crippen molar-refractivity contribution < 1.29 is 9.84 Å². The van der Waals surface area contributed by atoms with E-state index in [0.717, 1.165) is 35.9 Å². The fraction of sp³-hybridized carbons (Fsp3) is 0.647. The van der Waals surface area contributed by atoms with E-state index in [-0.39, 0.29) is 0 Å². The third-order valence-electron chi connectivity index (χ3n) is 4.55. The van der Waals surface area contributed by atoms with Gasteiger partial charge < -0.3 is 9.84 Å². The fourth-order valence-corrected chi connectivity index (χ4v) is 3.90. The molecule has 0 amide bonds. The summed E-state index contributed by atoms with van der Waals surface area (Å²) in [4.78, 5) is 0. The third-order valence-corrected chi connectivity index (χ3v) is 5.17. The predicted octanol–water partition coefficient (Wildman–Crippen LogP) is 4.58. The highest BCUT2D eigenvalue weighted by molar-refractivity contribution is 9.10. The van der Waals surface area contributed by atoms with Gasteiger partial charge in [-0.1, -0.05) is 26.3 Å². The molecule has 20 heavy (non-hydrogen) atoms. The molecule has 0 spiro atoms. The quantitative estimate of drug-likeness (QED) is 0.869. The first-order valence-electron chi connectivity index (χ1n) is 7.48. The molecule has 0 aliphatic heterocycles. The Morgan fingerprint density at radius 3 is 2.80 bits per heavy atom. The summed E-state index contributed by atoms with van der Waals surface area (Å²) < 4.78 is 6.21. The molecule has 1 fully saturated rings.